The maximum Gasteiger partial charge on any atom is 0.311 e. The van der Waals surface area contributed by atoms with Crippen molar-refractivity contribution in [1.29, 1.82) is 0 Å². The summed E-state index contributed by atoms with van der Waals surface area (Å²) in [7, 11) is 0. The van der Waals surface area contributed by atoms with Gasteiger partial charge in [-0.15, -0.1) is 22.7 Å². The number of hydrogen-bond donors (Lipinski definition) is 2. The van der Waals surface area contributed by atoms with Crippen LogP contribution in [0.5, 0.6) is 0 Å². The molecule has 0 unspecified atom stereocenters. The van der Waals surface area contributed by atoms with Gasteiger partial charge in [-0.3, -0.25) is 9.59 Å². The lowest BCUT2D eigenvalue weighted by atomic mass is 10.1. The molecule has 2 aromatic heterocycles. The Kier molecular flexibility index (Phi) is 3.31. The maximum atomic E-state index is 12.0. The third-order valence-electron chi connectivity index (χ3n) is 3.36. The molecule has 0 spiro atoms. The van der Waals surface area contributed by atoms with E-state index in [-0.39, 0.29) is 12.5 Å². The average molecular weight is 308 g/mol. The predicted molar refractivity (Wildman–Crippen MR) is 77.1 cm³/mol. The van der Waals surface area contributed by atoms with Crippen molar-refractivity contribution in [2.75, 3.05) is 6.54 Å². The van der Waals surface area contributed by atoms with Crippen molar-refractivity contribution < 1.29 is 14.7 Å². The highest BCUT2D eigenvalue weighted by Crippen LogP contribution is 2.45. The molecule has 0 saturated heterocycles. The van der Waals surface area contributed by atoms with Crippen LogP contribution in [0.25, 0.3) is 9.88 Å². The number of thiophene rings is 1. The van der Waals surface area contributed by atoms with Gasteiger partial charge in [-0.2, -0.15) is 0 Å². The van der Waals surface area contributed by atoms with E-state index in [9.17, 15) is 9.59 Å². The Morgan fingerprint density at radius 2 is 2.20 bits per heavy atom. The second-order valence-corrected chi connectivity index (χ2v) is 6.59. The molecule has 0 atom stereocenters. The molecule has 1 aliphatic carbocycles. The van der Waals surface area contributed by atoms with E-state index < -0.39 is 11.4 Å². The number of carboxylic acids is 1. The minimum Gasteiger partial charge on any atom is -0.481 e. The Labute approximate surface area is 123 Å². The lowest BCUT2D eigenvalue weighted by Gasteiger charge is -2.09. The third kappa shape index (κ3) is 2.46. The zero-order valence-corrected chi connectivity index (χ0v) is 12.1. The number of aliphatic carboxylic acids is 1. The van der Waals surface area contributed by atoms with E-state index in [4.69, 9.17) is 5.11 Å². The SMILES string of the molecule is O=C(NCC1(C(=O)O)CC1)c1csc(-c2cccs2)n1. The minimum atomic E-state index is -0.838. The number of aromatic nitrogens is 1. The predicted octanol–water partition coefficient (Wildman–Crippen LogP) is 2.47. The summed E-state index contributed by atoms with van der Waals surface area (Å²) in [4.78, 5) is 28.3. The average Bonchev–Trinajstić information content (AvgIpc) is 2.87. The first kappa shape index (κ1) is 13.3. The molecule has 1 saturated carbocycles. The highest BCUT2D eigenvalue weighted by Gasteiger charge is 2.50. The molecule has 5 nitrogen and oxygen atoms in total. The molecule has 7 heteroatoms. The van der Waals surface area contributed by atoms with E-state index in [2.05, 4.69) is 10.3 Å². The van der Waals surface area contributed by atoms with Crippen LogP contribution in [-0.4, -0.2) is 28.5 Å². The number of rotatable bonds is 5. The van der Waals surface area contributed by atoms with Crippen molar-refractivity contribution in [2.45, 2.75) is 12.8 Å². The van der Waals surface area contributed by atoms with Crippen LogP contribution in [0.3, 0.4) is 0 Å². The van der Waals surface area contributed by atoms with Gasteiger partial charge >= 0.3 is 5.97 Å². The summed E-state index contributed by atoms with van der Waals surface area (Å²) >= 11 is 2.98. The first-order valence-electron chi connectivity index (χ1n) is 6.12. The summed E-state index contributed by atoms with van der Waals surface area (Å²) in [6.45, 7) is 0.174. The quantitative estimate of drug-likeness (QED) is 0.889. The smallest absolute Gasteiger partial charge is 0.311 e. The van der Waals surface area contributed by atoms with Crippen LogP contribution in [-0.2, 0) is 4.79 Å². The van der Waals surface area contributed by atoms with E-state index in [1.165, 1.54) is 11.3 Å². The van der Waals surface area contributed by atoms with Crippen molar-refractivity contribution in [3.63, 3.8) is 0 Å². The molecule has 2 aromatic rings. The van der Waals surface area contributed by atoms with E-state index in [1.807, 2.05) is 17.5 Å². The molecule has 1 fully saturated rings. The number of nitrogens with one attached hydrogen (secondary N) is 1. The fourth-order valence-electron chi connectivity index (χ4n) is 1.85. The van der Waals surface area contributed by atoms with Crippen LogP contribution in [0.15, 0.2) is 22.9 Å². The molecule has 0 radical (unpaired) electrons. The van der Waals surface area contributed by atoms with Crippen LogP contribution in [0, 0.1) is 5.41 Å². The standard InChI is InChI=1S/C13H12N2O3S2/c16-10(14-7-13(3-4-13)12(17)18)8-6-20-11(15-8)9-2-1-5-19-9/h1-2,5-6H,3-4,7H2,(H,14,16)(H,17,18). The number of carbonyl (C=O) groups is 2. The van der Waals surface area contributed by atoms with Gasteiger partial charge in [0.15, 0.2) is 0 Å². The van der Waals surface area contributed by atoms with Gasteiger partial charge in [0, 0.05) is 11.9 Å². The topological polar surface area (TPSA) is 79.3 Å². The summed E-state index contributed by atoms with van der Waals surface area (Å²) in [5.41, 5.74) is -0.401. The van der Waals surface area contributed by atoms with Gasteiger partial charge in [-0.1, -0.05) is 6.07 Å². The normalized spacial score (nSPS) is 15.8. The maximum absolute atomic E-state index is 12.0. The lowest BCUT2D eigenvalue weighted by molar-refractivity contribution is -0.143. The first-order chi connectivity index (χ1) is 9.61. The Balaban J connectivity index is 1.65. The molecule has 104 valence electrons. The molecule has 1 amide bonds. The minimum absolute atomic E-state index is 0.174. The largest absolute Gasteiger partial charge is 0.481 e. The molecule has 1 aliphatic rings. The monoisotopic (exact) mass is 308 g/mol. The van der Waals surface area contributed by atoms with Gasteiger partial charge in [0.05, 0.1) is 10.3 Å². The number of carbonyl (C=O) groups excluding carboxylic acids is 1. The van der Waals surface area contributed by atoms with Crippen LogP contribution in [0.2, 0.25) is 0 Å². The van der Waals surface area contributed by atoms with Gasteiger partial charge in [0.1, 0.15) is 10.7 Å². The van der Waals surface area contributed by atoms with E-state index >= 15 is 0 Å². The lowest BCUT2D eigenvalue weighted by Crippen LogP contribution is -2.34. The Morgan fingerprint density at radius 1 is 1.40 bits per heavy atom. The Hall–Kier alpha value is -1.73. The van der Waals surface area contributed by atoms with Crippen LogP contribution < -0.4 is 5.32 Å². The summed E-state index contributed by atoms with van der Waals surface area (Å²) < 4.78 is 0. The summed E-state index contributed by atoms with van der Waals surface area (Å²) in [6.07, 6.45) is 1.25. The van der Waals surface area contributed by atoms with Gasteiger partial charge in [-0.25, -0.2) is 4.98 Å². The fourth-order valence-corrected chi connectivity index (χ4v) is 3.46. The molecular weight excluding hydrogens is 296 g/mol. The van der Waals surface area contributed by atoms with Crippen molar-refractivity contribution in [1.82, 2.24) is 10.3 Å². The molecule has 0 aromatic carbocycles. The van der Waals surface area contributed by atoms with E-state index in [0.29, 0.717) is 18.5 Å². The van der Waals surface area contributed by atoms with Crippen LogP contribution in [0.1, 0.15) is 23.3 Å². The first-order valence-corrected chi connectivity index (χ1v) is 7.88. The van der Waals surface area contributed by atoms with E-state index in [1.54, 1.807) is 16.7 Å². The number of nitrogens with zero attached hydrogens (tertiary/aromatic N) is 1. The fraction of sp³-hybridized carbons (Fsp3) is 0.308. The molecule has 3 rings (SSSR count). The highest BCUT2D eigenvalue weighted by atomic mass is 32.1. The number of thiazole rings is 1. The number of carboxylic acid groups (broad SMARTS) is 1. The van der Waals surface area contributed by atoms with Crippen molar-refractivity contribution in [3.8, 4) is 9.88 Å². The van der Waals surface area contributed by atoms with Gasteiger partial charge in [0.2, 0.25) is 0 Å². The highest BCUT2D eigenvalue weighted by molar-refractivity contribution is 7.20. The summed E-state index contributed by atoms with van der Waals surface area (Å²) in [5, 5.41) is 16.2. The van der Waals surface area contributed by atoms with E-state index in [0.717, 1.165) is 9.88 Å². The second kappa shape index (κ2) is 4.99. The van der Waals surface area contributed by atoms with Crippen molar-refractivity contribution >= 4 is 34.6 Å². The Bertz CT molecular complexity index is 644. The molecule has 2 heterocycles. The van der Waals surface area contributed by atoms with Crippen molar-refractivity contribution in [3.05, 3.63) is 28.6 Å². The third-order valence-corrected chi connectivity index (χ3v) is 5.24. The molecular formula is C13H12N2O3S2. The van der Waals surface area contributed by atoms with Crippen molar-refractivity contribution in [2.24, 2.45) is 5.41 Å². The molecule has 20 heavy (non-hydrogen) atoms. The van der Waals surface area contributed by atoms with Gasteiger partial charge < -0.3 is 10.4 Å². The summed E-state index contributed by atoms with van der Waals surface area (Å²) in [6, 6.07) is 3.89. The molecule has 0 aliphatic heterocycles. The molecule has 0 bridgehead atoms. The van der Waals surface area contributed by atoms with Crippen LogP contribution in [0.4, 0.5) is 0 Å². The molecule has 2 N–H and O–H groups in total. The zero-order valence-electron chi connectivity index (χ0n) is 10.5. The van der Waals surface area contributed by atoms with Gasteiger partial charge in [0.25, 0.3) is 5.91 Å². The Morgan fingerprint density at radius 3 is 2.80 bits per heavy atom. The van der Waals surface area contributed by atoms with Crippen LogP contribution >= 0.6 is 22.7 Å². The number of amides is 1. The zero-order chi connectivity index (χ0) is 14.2. The second-order valence-electron chi connectivity index (χ2n) is 4.78. The number of hydrogen-bond acceptors (Lipinski definition) is 5. The van der Waals surface area contributed by atoms with Gasteiger partial charge in [-0.05, 0) is 24.3 Å². The summed E-state index contributed by atoms with van der Waals surface area (Å²) in [5.74, 6) is -1.15.